The Kier molecular flexibility index (Phi) is 4.84. The van der Waals surface area contributed by atoms with Gasteiger partial charge in [0.15, 0.2) is 0 Å². The normalized spacial score (nSPS) is 28.3. The molecule has 0 aliphatic carbocycles. The fourth-order valence-corrected chi connectivity index (χ4v) is 6.79. The third-order valence-corrected chi connectivity index (χ3v) is 10.4. The molecule has 4 N–H and O–H groups in total. The van der Waals surface area contributed by atoms with E-state index in [0.717, 1.165) is 19.2 Å². The van der Waals surface area contributed by atoms with Gasteiger partial charge in [0.25, 0.3) is 0 Å². The molecule has 2 aliphatic rings. The summed E-state index contributed by atoms with van der Waals surface area (Å²) in [5.74, 6) is 0. The van der Waals surface area contributed by atoms with Crippen molar-refractivity contribution >= 4 is 32.1 Å². The predicted octanol–water partition coefficient (Wildman–Crippen LogP) is 4.87. The van der Waals surface area contributed by atoms with Crippen LogP contribution < -0.4 is 0 Å². The van der Waals surface area contributed by atoms with E-state index < -0.39 is 34.5 Å². The number of hydroxylamine groups is 8. The van der Waals surface area contributed by atoms with Crippen molar-refractivity contribution in [2.24, 2.45) is 0 Å². The van der Waals surface area contributed by atoms with Crippen LogP contribution >= 0.6 is 22.7 Å². The molecule has 4 heterocycles. The summed E-state index contributed by atoms with van der Waals surface area (Å²) in [5, 5.41) is 49.1. The lowest BCUT2D eigenvalue weighted by atomic mass is 9.84. The Hall–Kier alpha value is -0.660. The minimum Gasteiger partial charge on any atom is -0.311 e. The zero-order valence-corrected chi connectivity index (χ0v) is 20.3. The Morgan fingerprint density at radius 1 is 0.600 bits per heavy atom. The summed E-state index contributed by atoms with van der Waals surface area (Å²) in [7, 11) is 0. The summed E-state index contributed by atoms with van der Waals surface area (Å²) >= 11 is 3.00. The van der Waals surface area contributed by atoms with Gasteiger partial charge in [0.2, 0.25) is 0 Å². The number of rotatable bonds is 2. The van der Waals surface area contributed by atoms with Gasteiger partial charge in [0.1, 0.15) is 12.3 Å². The average Bonchev–Trinajstić information content (AvgIpc) is 3.24. The molecule has 0 saturated carbocycles. The van der Waals surface area contributed by atoms with E-state index in [0.29, 0.717) is 0 Å². The smallest absolute Gasteiger partial charge is 0.145 e. The number of thiophene rings is 2. The van der Waals surface area contributed by atoms with Crippen molar-refractivity contribution in [3.05, 3.63) is 21.9 Å². The lowest BCUT2D eigenvalue weighted by Gasteiger charge is -2.37. The molecule has 0 radical (unpaired) electrons. The van der Waals surface area contributed by atoms with Crippen molar-refractivity contribution in [3.63, 3.8) is 0 Å². The highest BCUT2D eigenvalue weighted by Crippen LogP contribution is 2.53. The largest absolute Gasteiger partial charge is 0.311 e. The van der Waals surface area contributed by atoms with Crippen molar-refractivity contribution < 1.29 is 20.8 Å². The summed E-state index contributed by atoms with van der Waals surface area (Å²) in [4.78, 5) is 1.67. The van der Waals surface area contributed by atoms with Gasteiger partial charge in [-0.15, -0.1) is 22.7 Å². The summed E-state index contributed by atoms with van der Waals surface area (Å²) in [6, 6.07) is 3.92. The second-order valence-electron chi connectivity index (χ2n) is 10.4. The lowest BCUT2D eigenvalue weighted by molar-refractivity contribution is -0.222. The van der Waals surface area contributed by atoms with Gasteiger partial charge >= 0.3 is 0 Å². The first-order valence-corrected chi connectivity index (χ1v) is 11.7. The Morgan fingerprint density at radius 2 is 0.867 bits per heavy atom. The van der Waals surface area contributed by atoms with Crippen LogP contribution in [0.15, 0.2) is 12.1 Å². The van der Waals surface area contributed by atoms with Gasteiger partial charge in [0.05, 0.1) is 26.2 Å². The molecule has 0 atom stereocenters. The van der Waals surface area contributed by atoms with E-state index in [-0.39, 0.29) is 0 Å². The van der Waals surface area contributed by atoms with Crippen LogP contribution in [0, 0.1) is 0 Å². The highest BCUT2D eigenvalue weighted by atomic mass is 32.2. The number of nitrogens with zero attached hydrogens (tertiary/aromatic N) is 4. The Bertz CT molecular complexity index is 838. The van der Waals surface area contributed by atoms with E-state index in [1.54, 1.807) is 0 Å². The summed E-state index contributed by atoms with van der Waals surface area (Å²) < 4.78 is 1.01. The van der Waals surface area contributed by atoms with E-state index in [9.17, 15) is 20.8 Å². The van der Waals surface area contributed by atoms with Crippen LogP contribution in [0.25, 0.3) is 9.40 Å². The second kappa shape index (κ2) is 6.44. The molecule has 0 amide bonds. The van der Waals surface area contributed by atoms with Gasteiger partial charge in [-0.2, -0.15) is 20.3 Å². The molecule has 2 aromatic heterocycles. The molecule has 10 heteroatoms. The first-order valence-electron chi connectivity index (χ1n) is 10.0. The number of hydrogen-bond acceptors (Lipinski definition) is 10. The average molecular weight is 457 g/mol. The quantitative estimate of drug-likeness (QED) is 0.509. The zero-order valence-electron chi connectivity index (χ0n) is 18.7. The second-order valence-corrected chi connectivity index (χ2v) is 12.8. The van der Waals surface area contributed by atoms with Gasteiger partial charge in [-0.1, -0.05) is 0 Å². The monoisotopic (exact) mass is 456 g/mol. The van der Waals surface area contributed by atoms with Gasteiger partial charge in [-0.05, 0) is 67.5 Å². The molecule has 168 valence electrons. The molecule has 30 heavy (non-hydrogen) atoms. The predicted molar refractivity (Wildman–Crippen MR) is 116 cm³/mol. The van der Waals surface area contributed by atoms with Crippen LogP contribution in [-0.2, 0) is 0 Å². The van der Waals surface area contributed by atoms with Gasteiger partial charge < -0.3 is 20.8 Å². The minimum absolute atomic E-state index is 0.648. The molecule has 2 saturated heterocycles. The molecule has 0 bridgehead atoms. The summed E-state index contributed by atoms with van der Waals surface area (Å²) in [6.45, 7) is 15.2. The molecule has 2 aromatic rings. The Labute approximate surface area is 185 Å². The molecule has 0 aromatic carbocycles. The van der Waals surface area contributed by atoms with Crippen molar-refractivity contribution in [1.29, 1.82) is 0 Å². The first-order chi connectivity index (χ1) is 13.6. The van der Waals surface area contributed by atoms with E-state index in [1.807, 2.05) is 67.5 Å². The standard InChI is InChI=1S/C20H32N4O4S2/c1-17(2)18(3,4)22(26)14(21(17)25)12-9-11-10-13(30-16(11)29-12)15-23(27)19(5,6)20(7,8)24(15)28/h9-10,14-15,25-28H,1-8H3. The highest BCUT2D eigenvalue weighted by molar-refractivity contribution is 7.38. The number of fused-ring (bicyclic) bond motifs is 1. The third-order valence-electron chi connectivity index (χ3n) is 7.97. The number of hydrogen-bond donors (Lipinski definition) is 4. The van der Waals surface area contributed by atoms with Crippen LogP contribution in [0.3, 0.4) is 0 Å². The molecule has 0 unspecified atom stereocenters. The van der Waals surface area contributed by atoms with Crippen molar-refractivity contribution in [1.82, 2.24) is 20.3 Å². The van der Waals surface area contributed by atoms with Crippen LogP contribution in [0.2, 0.25) is 0 Å². The maximum Gasteiger partial charge on any atom is 0.145 e. The van der Waals surface area contributed by atoms with Crippen LogP contribution in [0.4, 0.5) is 0 Å². The van der Waals surface area contributed by atoms with Crippen molar-refractivity contribution in [2.75, 3.05) is 0 Å². The third kappa shape index (κ3) is 2.60. The zero-order chi connectivity index (χ0) is 22.6. The van der Waals surface area contributed by atoms with E-state index in [1.165, 1.54) is 42.9 Å². The fraction of sp³-hybridized carbons (Fsp3) is 0.700. The SMILES string of the molecule is CC1(C)N(O)C(c2cc3cc(C4N(O)C(C)(C)C(C)(C)N4O)sc3s2)N(O)C1(C)C. The Balaban J connectivity index is 1.70. The fourth-order valence-electron chi connectivity index (χ4n) is 4.17. The Morgan fingerprint density at radius 3 is 1.10 bits per heavy atom. The lowest BCUT2D eigenvalue weighted by Crippen LogP contribution is -2.52. The van der Waals surface area contributed by atoms with Gasteiger partial charge in [-0.3, -0.25) is 0 Å². The van der Waals surface area contributed by atoms with Gasteiger partial charge in [0, 0.05) is 15.1 Å². The van der Waals surface area contributed by atoms with Crippen LogP contribution in [0.1, 0.15) is 77.5 Å². The molecule has 0 spiro atoms. The van der Waals surface area contributed by atoms with E-state index >= 15 is 0 Å². The van der Waals surface area contributed by atoms with Crippen LogP contribution in [-0.4, -0.2) is 63.2 Å². The molecule has 4 rings (SSSR count). The molecular formula is C20H32N4O4S2. The van der Waals surface area contributed by atoms with Crippen molar-refractivity contribution in [2.45, 2.75) is 89.9 Å². The topological polar surface area (TPSA) is 93.9 Å². The van der Waals surface area contributed by atoms with Crippen molar-refractivity contribution in [3.8, 4) is 0 Å². The maximum absolute atomic E-state index is 10.8. The van der Waals surface area contributed by atoms with E-state index in [4.69, 9.17) is 0 Å². The minimum atomic E-state index is -0.656. The first kappa shape index (κ1) is 22.5. The summed E-state index contributed by atoms with van der Waals surface area (Å²) in [6.07, 6.45) is -1.31. The maximum atomic E-state index is 10.8. The molecule has 8 nitrogen and oxygen atoms in total. The van der Waals surface area contributed by atoms with Gasteiger partial charge in [-0.25, -0.2) is 0 Å². The molecule has 2 aliphatic heterocycles. The molecule has 2 fully saturated rings. The van der Waals surface area contributed by atoms with E-state index in [2.05, 4.69) is 0 Å². The summed E-state index contributed by atoms with van der Waals surface area (Å²) in [5.41, 5.74) is -2.59. The molecular weight excluding hydrogens is 424 g/mol. The highest BCUT2D eigenvalue weighted by Gasteiger charge is 2.60. The van der Waals surface area contributed by atoms with Crippen LogP contribution in [0.5, 0.6) is 0 Å².